The van der Waals surface area contributed by atoms with Gasteiger partial charge < -0.3 is 4.74 Å². The molecule has 1 aromatic heterocycles. The SMILES string of the molecule is O=C1OCCN1c1ccc2[nH]nc(C=Cc3ccccc3)c2c1. The summed E-state index contributed by atoms with van der Waals surface area (Å²) in [5.41, 5.74) is 3.73. The lowest BCUT2D eigenvalue weighted by molar-refractivity contribution is 0.181. The molecule has 1 fully saturated rings. The third-order valence-electron chi connectivity index (χ3n) is 3.88. The zero-order valence-corrected chi connectivity index (χ0v) is 12.4. The summed E-state index contributed by atoms with van der Waals surface area (Å²) >= 11 is 0. The molecular formula is C18H15N3O2. The van der Waals surface area contributed by atoms with Gasteiger partial charge in [-0.1, -0.05) is 36.4 Å². The normalized spacial score (nSPS) is 14.8. The fourth-order valence-corrected chi connectivity index (χ4v) is 2.68. The summed E-state index contributed by atoms with van der Waals surface area (Å²) in [6.45, 7) is 1.01. The highest BCUT2D eigenvalue weighted by Crippen LogP contribution is 2.26. The Labute approximate surface area is 133 Å². The van der Waals surface area contributed by atoms with Crippen LogP contribution in [0.5, 0.6) is 0 Å². The van der Waals surface area contributed by atoms with Gasteiger partial charge >= 0.3 is 6.09 Å². The van der Waals surface area contributed by atoms with Crippen molar-refractivity contribution in [3.8, 4) is 0 Å². The van der Waals surface area contributed by atoms with E-state index in [9.17, 15) is 4.79 Å². The van der Waals surface area contributed by atoms with E-state index in [0.717, 1.165) is 27.8 Å². The molecule has 0 saturated carbocycles. The molecule has 1 N–H and O–H groups in total. The minimum absolute atomic E-state index is 0.297. The maximum atomic E-state index is 11.7. The van der Waals surface area contributed by atoms with Crippen LogP contribution in [0.25, 0.3) is 23.1 Å². The number of amides is 1. The van der Waals surface area contributed by atoms with Crippen molar-refractivity contribution < 1.29 is 9.53 Å². The lowest BCUT2D eigenvalue weighted by atomic mass is 10.1. The average Bonchev–Trinajstić information content (AvgIpc) is 3.19. The molecule has 1 aliphatic heterocycles. The van der Waals surface area contributed by atoms with Gasteiger partial charge in [0, 0.05) is 11.1 Å². The number of hydrogen-bond acceptors (Lipinski definition) is 3. The molecule has 1 aliphatic rings. The number of nitrogens with one attached hydrogen (secondary N) is 1. The minimum atomic E-state index is -0.297. The van der Waals surface area contributed by atoms with E-state index >= 15 is 0 Å². The van der Waals surface area contributed by atoms with Gasteiger partial charge in [-0.15, -0.1) is 0 Å². The molecule has 3 aromatic rings. The standard InChI is InChI=1S/C18H15N3O2/c22-18-21(10-11-23-18)14-7-9-17-15(12-14)16(19-20-17)8-6-13-4-2-1-3-5-13/h1-9,12H,10-11H2,(H,19,20). The molecule has 0 atom stereocenters. The number of aromatic amines is 1. The Morgan fingerprint density at radius 1 is 1.13 bits per heavy atom. The van der Waals surface area contributed by atoms with Crippen LogP contribution in [0.4, 0.5) is 10.5 Å². The number of carbonyl (C=O) groups excluding carboxylic acids is 1. The Balaban J connectivity index is 1.70. The number of rotatable bonds is 3. The van der Waals surface area contributed by atoms with Crippen LogP contribution in [0, 0.1) is 0 Å². The van der Waals surface area contributed by atoms with E-state index in [2.05, 4.69) is 10.2 Å². The first-order valence-corrected chi connectivity index (χ1v) is 7.47. The molecule has 0 spiro atoms. The van der Waals surface area contributed by atoms with Crippen LogP contribution in [-0.4, -0.2) is 29.4 Å². The highest BCUT2D eigenvalue weighted by molar-refractivity contribution is 5.96. The highest BCUT2D eigenvalue weighted by Gasteiger charge is 2.23. The number of carbonyl (C=O) groups is 1. The van der Waals surface area contributed by atoms with Gasteiger partial charge in [-0.05, 0) is 29.8 Å². The maximum Gasteiger partial charge on any atom is 0.414 e. The Kier molecular flexibility index (Phi) is 3.31. The highest BCUT2D eigenvalue weighted by atomic mass is 16.6. The molecule has 1 amide bonds. The molecule has 5 heteroatoms. The lowest BCUT2D eigenvalue weighted by Gasteiger charge is -2.12. The predicted octanol–water partition coefficient (Wildman–Crippen LogP) is 3.69. The third-order valence-corrected chi connectivity index (χ3v) is 3.88. The third kappa shape index (κ3) is 2.57. The van der Waals surface area contributed by atoms with Crippen LogP contribution in [-0.2, 0) is 4.74 Å². The average molecular weight is 305 g/mol. The lowest BCUT2D eigenvalue weighted by Crippen LogP contribution is -2.23. The number of H-pyrrole nitrogens is 1. The van der Waals surface area contributed by atoms with E-state index in [4.69, 9.17) is 4.74 Å². The van der Waals surface area contributed by atoms with E-state index in [1.807, 2.05) is 60.7 Å². The van der Waals surface area contributed by atoms with Crippen molar-refractivity contribution in [1.82, 2.24) is 10.2 Å². The molecule has 0 unspecified atom stereocenters. The topological polar surface area (TPSA) is 58.2 Å². The van der Waals surface area contributed by atoms with Gasteiger partial charge in [0.15, 0.2) is 0 Å². The van der Waals surface area contributed by atoms with E-state index in [1.54, 1.807) is 4.90 Å². The molecule has 2 heterocycles. The van der Waals surface area contributed by atoms with E-state index < -0.39 is 0 Å². The Bertz CT molecular complexity index is 884. The zero-order valence-electron chi connectivity index (χ0n) is 12.4. The van der Waals surface area contributed by atoms with Crippen molar-refractivity contribution in [1.29, 1.82) is 0 Å². The largest absolute Gasteiger partial charge is 0.447 e. The monoisotopic (exact) mass is 305 g/mol. The van der Waals surface area contributed by atoms with Gasteiger partial charge in [-0.2, -0.15) is 5.10 Å². The zero-order chi connectivity index (χ0) is 15.6. The van der Waals surface area contributed by atoms with Gasteiger partial charge in [0.2, 0.25) is 0 Å². The number of hydrogen-bond donors (Lipinski definition) is 1. The number of anilines is 1. The van der Waals surface area contributed by atoms with E-state index in [0.29, 0.717) is 13.2 Å². The van der Waals surface area contributed by atoms with Crippen LogP contribution < -0.4 is 4.90 Å². The first-order chi connectivity index (χ1) is 11.3. The van der Waals surface area contributed by atoms with Crippen molar-refractivity contribution in [3.05, 3.63) is 59.8 Å². The fourth-order valence-electron chi connectivity index (χ4n) is 2.68. The summed E-state index contributed by atoms with van der Waals surface area (Å²) < 4.78 is 5.00. The molecule has 2 aromatic carbocycles. The number of nitrogens with zero attached hydrogens (tertiary/aromatic N) is 2. The van der Waals surface area contributed by atoms with E-state index in [1.165, 1.54) is 0 Å². The minimum Gasteiger partial charge on any atom is -0.447 e. The van der Waals surface area contributed by atoms with E-state index in [-0.39, 0.29) is 6.09 Å². The van der Waals surface area contributed by atoms with Crippen LogP contribution in [0.15, 0.2) is 48.5 Å². The van der Waals surface area contributed by atoms with Crippen LogP contribution in [0.1, 0.15) is 11.3 Å². The summed E-state index contributed by atoms with van der Waals surface area (Å²) in [6.07, 6.45) is 3.70. The van der Waals surface area contributed by atoms with Gasteiger partial charge in [0.05, 0.1) is 17.8 Å². The molecule has 23 heavy (non-hydrogen) atoms. The summed E-state index contributed by atoms with van der Waals surface area (Å²) in [5.74, 6) is 0. The van der Waals surface area contributed by atoms with Gasteiger partial charge in [-0.3, -0.25) is 10.00 Å². The number of cyclic esters (lactones) is 1. The number of fused-ring (bicyclic) bond motifs is 1. The number of ether oxygens (including phenoxy) is 1. The quantitative estimate of drug-likeness (QED) is 0.803. The molecular weight excluding hydrogens is 290 g/mol. The Hall–Kier alpha value is -3.08. The molecule has 0 aliphatic carbocycles. The number of benzene rings is 2. The maximum absolute atomic E-state index is 11.7. The summed E-state index contributed by atoms with van der Waals surface area (Å²) in [5, 5.41) is 8.35. The summed E-state index contributed by atoms with van der Waals surface area (Å²) in [7, 11) is 0. The van der Waals surface area contributed by atoms with Crippen LogP contribution >= 0.6 is 0 Å². The first-order valence-electron chi connectivity index (χ1n) is 7.47. The molecule has 5 nitrogen and oxygen atoms in total. The second-order valence-electron chi connectivity index (χ2n) is 5.35. The predicted molar refractivity (Wildman–Crippen MR) is 90.2 cm³/mol. The first kappa shape index (κ1) is 13.6. The number of aromatic nitrogens is 2. The van der Waals surface area contributed by atoms with Crippen molar-refractivity contribution in [2.45, 2.75) is 0 Å². The van der Waals surface area contributed by atoms with Crippen LogP contribution in [0.3, 0.4) is 0 Å². The van der Waals surface area contributed by atoms with Crippen molar-refractivity contribution in [2.24, 2.45) is 0 Å². The molecule has 0 bridgehead atoms. The molecule has 1 saturated heterocycles. The Morgan fingerprint density at radius 2 is 2.00 bits per heavy atom. The van der Waals surface area contributed by atoms with Gasteiger partial charge in [0.1, 0.15) is 6.61 Å². The summed E-state index contributed by atoms with van der Waals surface area (Å²) in [6, 6.07) is 15.9. The second kappa shape index (κ2) is 5.61. The molecule has 0 radical (unpaired) electrons. The van der Waals surface area contributed by atoms with Gasteiger partial charge in [0.25, 0.3) is 0 Å². The van der Waals surface area contributed by atoms with Gasteiger partial charge in [-0.25, -0.2) is 4.79 Å². The molecule has 114 valence electrons. The van der Waals surface area contributed by atoms with Crippen molar-refractivity contribution in [3.63, 3.8) is 0 Å². The second-order valence-corrected chi connectivity index (χ2v) is 5.35. The smallest absolute Gasteiger partial charge is 0.414 e. The Morgan fingerprint density at radius 3 is 2.78 bits per heavy atom. The molecule has 4 rings (SSSR count). The van der Waals surface area contributed by atoms with Crippen molar-refractivity contribution in [2.75, 3.05) is 18.1 Å². The van der Waals surface area contributed by atoms with Crippen molar-refractivity contribution >= 4 is 34.8 Å². The summed E-state index contributed by atoms with van der Waals surface area (Å²) in [4.78, 5) is 13.3. The van der Waals surface area contributed by atoms with Crippen LogP contribution in [0.2, 0.25) is 0 Å². The fraction of sp³-hybridized carbons (Fsp3) is 0.111.